The van der Waals surface area contributed by atoms with Crippen LogP contribution in [0.3, 0.4) is 0 Å². The van der Waals surface area contributed by atoms with Crippen LogP contribution in [0.25, 0.3) is 10.2 Å². The Morgan fingerprint density at radius 1 is 1.09 bits per heavy atom. The van der Waals surface area contributed by atoms with Crippen molar-refractivity contribution in [1.82, 2.24) is 15.0 Å². The van der Waals surface area contributed by atoms with Crippen LogP contribution in [0.15, 0.2) is 48.8 Å². The lowest BCUT2D eigenvalue weighted by Gasteiger charge is -2.11. The second-order valence-electron chi connectivity index (χ2n) is 6.32. The number of esters is 1. The summed E-state index contributed by atoms with van der Waals surface area (Å²) < 4.78 is 10.8. The molecule has 0 amide bonds. The van der Waals surface area contributed by atoms with Gasteiger partial charge in [-0.25, -0.2) is 19.7 Å². The van der Waals surface area contributed by atoms with Crippen molar-refractivity contribution in [2.24, 2.45) is 0 Å². The van der Waals surface area contributed by atoms with Crippen LogP contribution in [0.4, 0.5) is 28.1 Å². The number of hydrogen-bond donors (Lipinski definition) is 2. The van der Waals surface area contributed by atoms with E-state index in [1.807, 2.05) is 6.07 Å². The SMILES string of the molecule is COC(=O)c1ccccc1Nc1ncnc(Nc2nc3ccc(OC)cc3s2)c1[N+](=O)[O-]. The molecule has 0 unspecified atom stereocenters. The molecule has 2 N–H and O–H groups in total. The van der Waals surface area contributed by atoms with Gasteiger partial charge < -0.3 is 20.1 Å². The monoisotopic (exact) mass is 452 g/mol. The van der Waals surface area contributed by atoms with Crippen LogP contribution in [-0.2, 0) is 4.74 Å². The predicted octanol–water partition coefficient (Wildman–Crippen LogP) is 4.28. The van der Waals surface area contributed by atoms with E-state index in [0.29, 0.717) is 22.1 Å². The summed E-state index contributed by atoms with van der Waals surface area (Å²) in [5.41, 5.74) is 0.820. The van der Waals surface area contributed by atoms with Crippen molar-refractivity contribution in [2.45, 2.75) is 0 Å². The van der Waals surface area contributed by atoms with Crippen molar-refractivity contribution in [3.8, 4) is 5.75 Å². The zero-order chi connectivity index (χ0) is 22.7. The Morgan fingerprint density at radius 2 is 1.84 bits per heavy atom. The van der Waals surface area contributed by atoms with Gasteiger partial charge in [0.25, 0.3) is 0 Å². The van der Waals surface area contributed by atoms with E-state index < -0.39 is 16.6 Å². The van der Waals surface area contributed by atoms with E-state index in [2.05, 4.69) is 25.6 Å². The fraction of sp³-hybridized carbons (Fsp3) is 0.100. The highest BCUT2D eigenvalue weighted by Gasteiger charge is 2.25. The number of methoxy groups -OCH3 is 2. The van der Waals surface area contributed by atoms with Gasteiger partial charge >= 0.3 is 11.7 Å². The second kappa shape index (κ2) is 8.81. The van der Waals surface area contributed by atoms with Crippen LogP contribution in [0.2, 0.25) is 0 Å². The normalized spacial score (nSPS) is 10.6. The number of thiazole rings is 1. The zero-order valence-electron chi connectivity index (χ0n) is 16.9. The van der Waals surface area contributed by atoms with Crippen molar-refractivity contribution in [1.29, 1.82) is 0 Å². The summed E-state index contributed by atoms with van der Waals surface area (Å²) in [6, 6.07) is 11.9. The smallest absolute Gasteiger partial charge is 0.353 e. The molecule has 0 saturated carbocycles. The number of anilines is 4. The summed E-state index contributed by atoms with van der Waals surface area (Å²) in [5, 5.41) is 18.0. The second-order valence-corrected chi connectivity index (χ2v) is 7.35. The van der Waals surface area contributed by atoms with Crippen LogP contribution < -0.4 is 15.4 Å². The molecule has 0 aliphatic heterocycles. The van der Waals surface area contributed by atoms with Crippen LogP contribution >= 0.6 is 11.3 Å². The Bertz CT molecular complexity index is 1330. The number of fused-ring (bicyclic) bond motifs is 1. The van der Waals surface area contributed by atoms with Gasteiger partial charge in [-0.05, 0) is 30.3 Å². The average Bonchev–Trinajstić information content (AvgIpc) is 3.20. The Balaban J connectivity index is 1.71. The number of nitrogens with zero attached hydrogens (tertiary/aromatic N) is 4. The molecule has 12 heteroatoms. The molecule has 0 saturated heterocycles. The van der Waals surface area contributed by atoms with Gasteiger partial charge in [0.05, 0.1) is 40.6 Å². The number of nitro groups is 1. The molecule has 0 aliphatic carbocycles. The maximum atomic E-state index is 12.0. The van der Waals surface area contributed by atoms with Crippen LogP contribution in [0.1, 0.15) is 10.4 Å². The van der Waals surface area contributed by atoms with E-state index in [1.54, 1.807) is 37.4 Å². The first-order valence-corrected chi connectivity index (χ1v) is 9.97. The predicted molar refractivity (Wildman–Crippen MR) is 119 cm³/mol. The standard InChI is InChI=1S/C20H16N6O5S/c1-30-11-7-8-14-15(9-11)32-20(24-14)25-18-16(26(28)29)17(21-10-22-18)23-13-6-4-3-5-12(13)19(27)31-2/h3-10H,1-2H3,(H2,21,22,23,24,25). The summed E-state index contributed by atoms with van der Waals surface area (Å²) in [5.74, 6) is -0.0507. The highest BCUT2D eigenvalue weighted by Crippen LogP contribution is 2.36. The van der Waals surface area contributed by atoms with Gasteiger partial charge in [-0.15, -0.1) is 0 Å². The molecule has 0 aliphatic rings. The zero-order valence-corrected chi connectivity index (χ0v) is 17.7. The number of aromatic nitrogens is 3. The molecule has 0 bridgehead atoms. The maximum Gasteiger partial charge on any atom is 0.353 e. The summed E-state index contributed by atoms with van der Waals surface area (Å²) >= 11 is 1.29. The first-order valence-electron chi connectivity index (χ1n) is 9.15. The number of nitrogens with one attached hydrogen (secondary N) is 2. The maximum absolute atomic E-state index is 12.0. The van der Waals surface area contributed by atoms with E-state index in [-0.39, 0.29) is 17.2 Å². The number of carbonyl (C=O) groups excluding carboxylic acids is 1. The number of hydrogen-bond acceptors (Lipinski definition) is 11. The minimum atomic E-state index is -0.609. The van der Waals surface area contributed by atoms with Gasteiger partial charge in [0.2, 0.25) is 11.6 Å². The fourth-order valence-corrected chi connectivity index (χ4v) is 3.82. The van der Waals surface area contributed by atoms with Crippen LogP contribution in [0.5, 0.6) is 5.75 Å². The Morgan fingerprint density at radius 3 is 2.56 bits per heavy atom. The topological polar surface area (TPSA) is 141 Å². The number of carbonyl (C=O) groups is 1. The van der Waals surface area contributed by atoms with Gasteiger partial charge in [-0.3, -0.25) is 10.1 Å². The van der Waals surface area contributed by atoms with E-state index in [1.165, 1.54) is 30.8 Å². The van der Waals surface area contributed by atoms with Crippen molar-refractivity contribution >= 4 is 55.7 Å². The summed E-state index contributed by atoms with van der Waals surface area (Å²) in [6.07, 6.45) is 1.18. The molecule has 4 rings (SSSR count). The lowest BCUT2D eigenvalue weighted by molar-refractivity contribution is -0.383. The minimum absolute atomic E-state index is 0.0472. The van der Waals surface area contributed by atoms with E-state index in [9.17, 15) is 14.9 Å². The first-order chi connectivity index (χ1) is 15.5. The van der Waals surface area contributed by atoms with Crippen molar-refractivity contribution in [2.75, 3.05) is 24.9 Å². The first kappa shape index (κ1) is 20.9. The van der Waals surface area contributed by atoms with E-state index in [0.717, 1.165) is 4.70 Å². The molecule has 2 aromatic heterocycles. The van der Waals surface area contributed by atoms with Gasteiger partial charge in [0.1, 0.15) is 12.1 Å². The van der Waals surface area contributed by atoms with Gasteiger partial charge in [0, 0.05) is 0 Å². The van der Waals surface area contributed by atoms with Crippen LogP contribution in [-0.4, -0.2) is 40.1 Å². The minimum Gasteiger partial charge on any atom is -0.497 e. The number of ether oxygens (including phenoxy) is 2. The highest BCUT2D eigenvalue weighted by atomic mass is 32.1. The molecule has 2 heterocycles. The molecule has 11 nitrogen and oxygen atoms in total. The largest absolute Gasteiger partial charge is 0.497 e. The number of para-hydroxylation sites is 1. The summed E-state index contributed by atoms with van der Waals surface area (Å²) in [4.78, 5) is 35.7. The third kappa shape index (κ3) is 4.11. The third-order valence-corrected chi connectivity index (χ3v) is 5.34. The molecular weight excluding hydrogens is 436 g/mol. The van der Waals surface area contributed by atoms with Crippen molar-refractivity contribution in [3.05, 3.63) is 64.5 Å². The third-order valence-electron chi connectivity index (χ3n) is 4.41. The molecule has 4 aromatic rings. The van der Waals surface area contributed by atoms with Crippen LogP contribution in [0, 0.1) is 10.1 Å². The molecule has 0 radical (unpaired) electrons. The molecule has 2 aromatic carbocycles. The highest BCUT2D eigenvalue weighted by molar-refractivity contribution is 7.22. The van der Waals surface area contributed by atoms with E-state index >= 15 is 0 Å². The van der Waals surface area contributed by atoms with Gasteiger partial charge in [-0.1, -0.05) is 23.5 Å². The summed E-state index contributed by atoms with van der Waals surface area (Å²) in [7, 11) is 2.82. The molecular formula is C20H16N6O5S. The Labute approximate surface area is 185 Å². The Kier molecular flexibility index (Phi) is 5.77. The van der Waals surface area contributed by atoms with Crippen molar-refractivity contribution in [3.63, 3.8) is 0 Å². The van der Waals surface area contributed by atoms with Crippen molar-refractivity contribution < 1.29 is 19.2 Å². The lowest BCUT2D eigenvalue weighted by Crippen LogP contribution is -2.09. The molecule has 0 atom stereocenters. The molecule has 32 heavy (non-hydrogen) atoms. The van der Waals surface area contributed by atoms with E-state index in [4.69, 9.17) is 9.47 Å². The Hall–Kier alpha value is -4.32. The average molecular weight is 452 g/mol. The summed E-state index contributed by atoms with van der Waals surface area (Å²) in [6.45, 7) is 0. The van der Waals surface area contributed by atoms with Gasteiger partial charge in [0.15, 0.2) is 5.13 Å². The molecule has 162 valence electrons. The molecule has 0 spiro atoms. The lowest BCUT2D eigenvalue weighted by atomic mass is 10.2. The molecule has 0 fully saturated rings. The number of rotatable bonds is 7. The number of benzene rings is 2. The van der Waals surface area contributed by atoms with Gasteiger partial charge in [-0.2, -0.15) is 0 Å². The quantitative estimate of drug-likeness (QED) is 0.237. The fourth-order valence-electron chi connectivity index (χ4n) is 2.93.